The fourth-order valence-corrected chi connectivity index (χ4v) is 2.80. The van der Waals surface area contributed by atoms with Crippen LogP contribution in [-0.4, -0.2) is 5.78 Å². The molecule has 0 amide bonds. The van der Waals surface area contributed by atoms with Crippen LogP contribution in [0.15, 0.2) is 36.4 Å². The molecule has 1 aromatic carbocycles. The Morgan fingerprint density at radius 3 is 2.50 bits per heavy atom. The minimum atomic E-state index is -0.300. The molecule has 2 rings (SSSR count). The average molecular weight is 262 g/mol. The van der Waals surface area contributed by atoms with Gasteiger partial charge in [-0.25, -0.2) is 4.39 Å². The average Bonchev–Trinajstić information content (AvgIpc) is 2.80. The van der Waals surface area contributed by atoms with Gasteiger partial charge in [-0.2, -0.15) is 0 Å². The zero-order chi connectivity index (χ0) is 13.0. The molecule has 0 aliphatic carbocycles. The second-order valence-corrected chi connectivity index (χ2v) is 5.46. The SMILES string of the molecule is CCc1ccc(CC(=O)Cc2ccccc2F)s1. The van der Waals surface area contributed by atoms with Crippen LogP contribution in [0, 0.1) is 5.82 Å². The van der Waals surface area contributed by atoms with Gasteiger partial charge in [0.1, 0.15) is 11.6 Å². The van der Waals surface area contributed by atoms with Crippen LogP contribution in [0.1, 0.15) is 22.2 Å². The Balaban J connectivity index is 1.99. The van der Waals surface area contributed by atoms with E-state index in [4.69, 9.17) is 0 Å². The van der Waals surface area contributed by atoms with Gasteiger partial charge in [-0.3, -0.25) is 4.79 Å². The molecule has 1 nitrogen and oxygen atoms in total. The van der Waals surface area contributed by atoms with Crippen molar-refractivity contribution in [3.05, 3.63) is 57.5 Å². The van der Waals surface area contributed by atoms with E-state index >= 15 is 0 Å². The molecule has 0 aliphatic heterocycles. The summed E-state index contributed by atoms with van der Waals surface area (Å²) in [6.45, 7) is 2.09. The molecule has 1 aromatic heterocycles. The van der Waals surface area contributed by atoms with E-state index in [0.29, 0.717) is 12.0 Å². The van der Waals surface area contributed by atoms with E-state index in [1.165, 1.54) is 10.9 Å². The van der Waals surface area contributed by atoms with Crippen LogP contribution in [0.3, 0.4) is 0 Å². The van der Waals surface area contributed by atoms with Gasteiger partial charge in [-0.1, -0.05) is 25.1 Å². The van der Waals surface area contributed by atoms with E-state index in [1.807, 2.05) is 6.07 Å². The lowest BCUT2D eigenvalue weighted by atomic mass is 10.1. The minimum Gasteiger partial charge on any atom is -0.299 e. The molecule has 0 radical (unpaired) electrons. The maximum atomic E-state index is 13.4. The lowest BCUT2D eigenvalue weighted by Crippen LogP contribution is -2.06. The zero-order valence-corrected chi connectivity index (χ0v) is 11.1. The van der Waals surface area contributed by atoms with Crippen molar-refractivity contribution in [2.45, 2.75) is 26.2 Å². The summed E-state index contributed by atoms with van der Waals surface area (Å²) in [5.41, 5.74) is 0.481. The molecule has 0 aliphatic rings. The number of Topliss-reactive ketones (excluding diaryl/α,β-unsaturated/α-hetero) is 1. The summed E-state index contributed by atoms with van der Waals surface area (Å²) in [6, 6.07) is 10.5. The second kappa shape index (κ2) is 5.91. The van der Waals surface area contributed by atoms with Gasteiger partial charge in [0.05, 0.1) is 0 Å². The van der Waals surface area contributed by atoms with Gasteiger partial charge < -0.3 is 0 Å². The van der Waals surface area contributed by atoms with Gasteiger partial charge in [0.15, 0.2) is 0 Å². The van der Waals surface area contributed by atoms with E-state index < -0.39 is 0 Å². The number of carbonyl (C=O) groups is 1. The Bertz CT molecular complexity index is 545. The molecule has 0 N–H and O–H groups in total. The van der Waals surface area contributed by atoms with Crippen molar-refractivity contribution in [3.8, 4) is 0 Å². The summed E-state index contributed by atoms with van der Waals surface area (Å²) < 4.78 is 13.4. The van der Waals surface area contributed by atoms with Crippen molar-refractivity contribution < 1.29 is 9.18 Å². The van der Waals surface area contributed by atoms with Crippen LogP contribution in [0.5, 0.6) is 0 Å². The van der Waals surface area contributed by atoms with Gasteiger partial charge >= 0.3 is 0 Å². The van der Waals surface area contributed by atoms with E-state index in [1.54, 1.807) is 29.5 Å². The standard InChI is InChI=1S/C15H15FOS/c1-2-13-7-8-14(18-13)10-12(17)9-11-5-3-4-6-15(11)16/h3-8H,2,9-10H2,1H3. The van der Waals surface area contributed by atoms with Crippen molar-refractivity contribution in [2.24, 2.45) is 0 Å². The smallest absolute Gasteiger partial charge is 0.142 e. The lowest BCUT2D eigenvalue weighted by Gasteiger charge is -2.01. The molecule has 1 heterocycles. The highest BCUT2D eigenvalue weighted by Gasteiger charge is 2.09. The first-order chi connectivity index (χ1) is 8.69. The summed E-state index contributed by atoms with van der Waals surface area (Å²) in [4.78, 5) is 14.2. The van der Waals surface area contributed by atoms with Crippen LogP contribution in [0.25, 0.3) is 0 Å². The predicted octanol–water partition coefficient (Wildman–Crippen LogP) is 3.80. The van der Waals surface area contributed by atoms with E-state index in [9.17, 15) is 9.18 Å². The van der Waals surface area contributed by atoms with Crippen molar-refractivity contribution >= 4 is 17.1 Å². The predicted molar refractivity (Wildman–Crippen MR) is 72.5 cm³/mol. The van der Waals surface area contributed by atoms with Gasteiger partial charge in [0.2, 0.25) is 0 Å². The number of ketones is 1. The van der Waals surface area contributed by atoms with Crippen molar-refractivity contribution in [1.29, 1.82) is 0 Å². The quantitative estimate of drug-likeness (QED) is 0.801. The minimum absolute atomic E-state index is 0.0598. The second-order valence-electron chi connectivity index (χ2n) is 4.21. The number of benzene rings is 1. The molecule has 0 saturated heterocycles. The number of hydrogen-bond acceptors (Lipinski definition) is 2. The topological polar surface area (TPSA) is 17.1 Å². The number of carbonyl (C=O) groups excluding carboxylic acids is 1. The van der Waals surface area contributed by atoms with Gasteiger partial charge in [-0.05, 0) is 30.2 Å². The van der Waals surface area contributed by atoms with E-state index in [0.717, 1.165) is 11.3 Å². The number of hydrogen-bond donors (Lipinski definition) is 0. The third-order valence-electron chi connectivity index (χ3n) is 2.78. The van der Waals surface area contributed by atoms with Crippen LogP contribution in [0.2, 0.25) is 0 Å². The lowest BCUT2D eigenvalue weighted by molar-refractivity contribution is -0.117. The summed E-state index contributed by atoms with van der Waals surface area (Å²) in [7, 11) is 0. The molecular formula is C15H15FOS. The molecule has 3 heteroatoms. The first kappa shape index (κ1) is 13.0. The molecule has 94 valence electrons. The first-order valence-corrected chi connectivity index (χ1v) is 6.83. The normalized spacial score (nSPS) is 10.6. The summed E-state index contributed by atoms with van der Waals surface area (Å²) in [6.07, 6.45) is 1.57. The third kappa shape index (κ3) is 3.26. The molecule has 0 fully saturated rings. The maximum absolute atomic E-state index is 13.4. The molecule has 18 heavy (non-hydrogen) atoms. The van der Waals surface area contributed by atoms with Crippen LogP contribution in [-0.2, 0) is 24.1 Å². The number of aryl methyl sites for hydroxylation is 1. The molecule has 0 atom stereocenters. The molecule has 0 unspecified atom stereocenters. The number of rotatable bonds is 5. The van der Waals surface area contributed by atoms with E-state index in [-0.39, 0.29) is 18.0 Å². The van der Waals surface area contributed by atoms with Crippen molar-refractivity contribution in [1.82, 2.24) is 0 Å². The van der Waals surface area contributed by atoms with Crippen LogP contribution < -0.4 is 0 Å². The zero-order valence-electron chi connectivity index (χ0n) is 10.3. The van der Waals surface area contributed by atoms with Gasteiger partial charge in [0, 0.05) is 22.6 Å². The summed E-state index contributed by atoms with van der Waals surface area (Å²) >= 11 is 1.66. The molecule has 0 saturated carbocycles. The van der Waals surface area contributed by atoms with Crippen LogP contribution in [0.4, 0.5) is 4.39 Å². The monoisotopic (exact) mass is 262 g/mol. The van der Waals surface area contributed by atoms with E-state index in [2.05, 4.69) is 13.0 Å². The molecule has 0 bridgehead atoms. The third-order valence-corrected chi connectivity index (χ3v) is 4.01. The van der Waals surface area contributed by atoms with Gasteiger partial charge in [0.25, 0.3) is 0 Å². The maximum Gasteiger partial charge on any atom is 0.142 e. The van der Waals surface area contributed by atoms with Crippen molar-refractivity contribution in [2.75, 3.05) is 0 Å². The molecule has 0 spiro atoms. The molecular weight excluding hydrogens is 247 g/mol. The Kier molecular flexibility index (Phi) is 4.26. The highest BCUT2D eigenvalue weighted by Crippen LogP contribution is 2.18. The highest BCUT2D eigenvalue weighted by atomic mass is 32.1. The number of thiophene rings is 1. The molecule has 2 aromatic rings. The Hall–Kier alpha value is -1.48. The Morgan fingerprint density at radius 2 is 1.83 bits per heavy atom. The largest absolute Gasteiger partial charge is 0.299 e. The summed E-state index contributed by atoms with van der Waals surface area (Å²) in [5, 5.41) is 0. The Labute approximate surface area is 110 Å². The first-order valence-electron chi connectivity index (χ1n) is 6.01. The van der Waals surface area contributed by atoms with Crippen molar-refractivity contribution in [3.63, 3.8) is 0 Å². The summed E-state index contributed by atoms with van der Waals surface area (Å²) in [5.74, 6) is -0.240. The fourth-order valence-electron chi connectivity index (χ4n) is 1.82. The van der Waals surface area contributed by atoms with Gasteiger partial charge in [-0.15, -0.1) is 11.3 Å². The van der Waals surface area contributed by atoms with Crippen LogP contribution >= 0.6 is 11.3 Å². The highest BCUT2D eigenvalue weighted by molar-refractivity contribution is 7.12. The Morgan fingerprint density at radius 1 is 1.11 bits per heavy atom. The fraction of sp³-hybridized carbons (Fsp3) is 0.267. The number of halogens is 1.